The van der Waals surface area contributed by atoms with Gasteiger partial charge in [-0.1, -0.05) is 53.7 Å². The van der Waals surface area contributed by atoms with Crippen molar-refractivity contribution in [2.75, 3.05) is 0 Å². The van der Waals surface area contributed by atoms with E-state index in [0.717, 1.165) is 21.8 Å². The fraction of sp³-hybridized carbons (Fsp3) is 0.222. The van der Waals surface area contributed by atoms with E-state index in [4.69, 9.17) is 11.6 Å². The zero-order chi connectivity index (χ0) is 17.1. The Balaban J connectivity index is 1.66. The largest absolute Gasteiger partial charge is 0.351 e. The smallest absolute Gasteiger partial charge is 0.233 e. The first-order chi connectivity index (χ1) is 11.5. The van der Waals surface area contributed by atoms with E-state index in [1.54, 1.807) is 0 Å². The van der Waals surface area contributed by atoms with Gasteiger partial charge in [-0.2, -0.15) is 0 Å². The maximum atomic E-state index is 12.3. The van der Waals surface area contributed by atoms with E-state index in [1.165, 1.54) is 11.8 Å². The van der Waals surface area contributed by atoms with E-state index in [2.05, 4.69) is 10.3 Å². The minimum atomic E-state index is -0.236. The molecule has 0 spiro atoms. The summed E-state index contributed by atoms with van der Waals surface area (Å²) in [6.07, 6.45) is 0. The van der Waals surface area contributed by atoms with Crippen molar-refractivity contribution in [1.29, 1.82) is 0 Å². The van der Waals surface area contributed by atoms with Crippen LogP contribution in [0.1, 0.15) is 12.5 Å². The third-order valence-electron chi connectivity index (χ3n) is 3.76. The summed E-state index contributed by atoms with van der Waals surface area (Å²) in [6.45, 7) is 2.42. The van der Waals surface area contributed by atoms with Crippen molar-refractivity contribution in [3.63, 3.8) is 0 Å². The fourth-order valence-electron chi connectivity index (χ4n) is 2.40. The number of imidazole rings is 1. The van der Waals surface area contributed by atoms with Crippen LogP contribution in [0.15, 0.2) is 53.7 Å². The van der Waals surface area contributed by atoms with Gasteiger partial charge in [-0.3, -0.25) is 4.79 Å². The van der Waals surface area contributed by atoms with Crippen molar-refractivity contribution in [3.8, 4) is 0 Å². The number of hydrogen-bond donors (Lipinski definition) is 1. The molecule has 0 aliphatic heterocycles. The predicted molar refractivity (Wildman–Crippen MR) is 99.3 cm³/mol. The van der Waals surface area contributed by atoms with Gasteiger partial charge in [-0.05, 0) is 30.7 Å². The van der Waals surface area contributed by atoms with Crippen LogP contribution in [0.5, 0.6) is 0 Å². The van der Waals surface area contributed by atoms with Crippen molar-refractivity contribution in [2.45, 2.75) is 23.9 Å². The van der Waals surface area contributed by atoms with E-state index in [-0.39, 0.29) is 11.2 Å². The molecular weight excluding hydrogens is 342 g/mol. The number of aryl methyl sites for hydroxylation is 1. The fourth-order valence-corrected chi connectivity index (χ4v) is 3.48. The Morgan fingerprint density at radius 1 is 1.29 bits per heavy atom. The van der Waals surface area contributed by atoms with E-state index in [1.807, 2.05) is 67.1 Å². The summed E-state index contributed by atoms with van der Waals surface area (Å²) in [5, 5.41) is 4.19. The molecule has 1 heterocycles. The molecule has 1 amide bonds. The van der Waals surface area contributed by atoms with Crippen LogP contribution in [0.2, 0.25) is 5.02 Å². The monoisotopic (exact) mass is 359 g/mol. The molecule has 124 valence electrons. The lowest BCUT2D eigenvalue weighted by Gasteiger charge is -2.11. The van der Waals surface area contributed by atoms with E-state index < -0.39 is 0 Å². The summed E-state index contributed by atoms with van der Waals surface area (Å²) in [5.74, 6) is -0.00561. The van der Waals surface area contributed by atoms with Gasteiger partial charge in [0.25, 0.3) is 0 Å². The average molecular weight is 360 g/mol. The van der Waals surface area contributed by atoms with Gasteiger partial charge in [0.05, 0.1) is 16.3 Å². The molecule has 3 aromatic rings. The summed E-state index contributed by atoms with van der Waals surface area (Å²) in [7, 11) is 1.94. The lowest BCUT2D eigenvalue weighted by atomic mass is 10.2. The molecule has 0 saturated carbocycles. The van der Waals surface area contributed by atoms with Crippen LogP contribution in [0, 0.1) is 0 Å². The second-order valence-corrected chi connectivity index (χ2v) is 7.29. The van der Waals surface area contributed by atoms with Crippen LogP contribution in [-0.4, -0.2) is 20.7 Å². The molecular formula is C18H18ClN3OS. The molecule has 0 aliphatic rings. The minimum absolute atomic E-state index is 0.00561. The Kier molecular flexibility index (Phi) is 5.11. The number of amides is 1. The van der Waals surface area contributed by atoms with Gasteiger partial charge < -0.3 is 9.88 Å². The number of benzene rings is 2. The zero-order valence-electron chi connectivity index (χ0n) is 13.5. The molecule has 2 aromatic carbocycles. The van der Waals surface area contributed by atoms with Gasteiger partial charge in [-0.25, -0.2) is 4.98 Å². The topological polar surface area (TPSA) is 46.9 Å². The molecule has 0 saturated heterocycles. The average Bonchev–Trinajstić information content (AvgIpc) is 2.88. The first-order valence-electron chi connectivity index (χ1n) is 7.65. The lowest BCUT2D eigenvalue weighted by molar-refractivity contribution is -0.120. The first-order valence-corrected chi connectivity index (χ1v) is 8.90. The number of nitrogens with one attached hydrogen (secondary N) is 1. The van der Waals surface area contributed by atoms with E-state index in [9.17, 15) is 4.79 Å². The van der Waals surface area contributed by atoms with Crippen LogP contribution in [0.25, 0.3) is 11.0 Å². The molecule has 4 nitrogen and oxygen atoms in total. The van der Waals surface area contributed by atoms with Crippen molar-refractivity contribution >= 4 is 40.3 Å². The molecule has 6 heteroatoms. The highest BCUT2D eigenvalue weighted by molar-refractivity contribution is 8.00. The van der Waals surface area contributed by atoms with Gasteiger partial charge in [0.1, 0.15) is 0 Å². The lowest BCUT2D eigenvalue weighted by Crippen LogP contribution is -2.30. The molecule has 0 unspecified atom stereocenters. The van der Waals surface area contributed by atoms with Crippen LogP contribution in [0.3, 0.4) is 0 Å². The summed E-state index contributed by atoms with van der Waals surface area (Å²) in [6, 6.07) is 15.5. The predicted octanol–water partition coefficient (Wildman–Crippen LogP) is 4.02. The van der Waals surface area contributed by atoms with Gasteiger partial charge >= 0.3 is 0 Å². The highest BCUT2D eigenvalue weighted by Gasteiger charge is 2.18. The van der Waals surface area contributed by atoms with Crippen molar-refractivity contribution < 1.29 is 4.79 Å². The second-order valence-electron chi connectivity index (χ2n) is 5.55. The molecule has 1 aromatic heterocycles. The Morgan fingerprint density at radius 2 is 2.04 bits per heavy atom. The molecule has 1 N–H and O–H groups in total. The Bertz CT molecular complexity index is 863. The number of thioether (sulfide) groups is 1. The number of hydrogen-bond acceptors (Lipinski definition) is 3. The van der Waals surface area contributed by atoms with Gasteiger partial charge in [0, 0.05) is 18.6 Å². The summed E-state index contributed by atoms with van der Waals surface area (Å²) in [5.41, 5.74) is 2.92. The molecule has 3 rings (SSSR count). The summed E-state index contributed by atoms with van der Waals surface area (Å²) < 4.78 is 1.98. The van der Waals surface area contributed by atoms with E-state index >= 15 is 0 Å². The van der Waals surface area contributed by atoms with Crippen LogP contribution < -0.4 is 5.32 Å². The van der Waals surface area contributed by atoms with Gasteiger partial charge in [0.2, 0.25) is 5.91 Å². The van der Waals surface area contributed by atoms with Crippen molar-refractivity contribution in [3.05, 3.63) is 59.1 Å². The third kappa shape index (κ3) is 3.74. The number of halogens is 1. The highest BCUT2D eigenvalue weighted by atomic mass is 35.5. The number of nitrogens with zero attached hydrogens (tertiary/aromatic N) is 2. The maximum Gasteiger partial charge on any atom is 0.233 e. The van der Waals surface area contributed by atoms with Gasteiger partial charge in [-0.15, -0.1) is 0 Å². The number of rotatable bonds is 5. The number of fused-ring (bicyclic) bond motifs is 1. The molecule has 1 atom stereocenters. The standard InChI is InChI=1S/C18H18ClN3OS/c1-12(17(23)20-11-13-6-4-3-5-7-13)24-18-21-15-10-14(19)8-9-16(15)22(18)2/h3-10,12H,11H2,1-2H3,(H,20,23)/t12-/m1/s1. The van der Waals surface area contributed by atoms with Crippen LogP contribution in [0.4, 0.5) is 0 Å². The SMILES string of the molecule is C[C@@H](Sc1nc2cc(Cl)ccc2n1C)C(=O)NCc1ccccc1. The molecule has 0 aliphatic carbocycles. The van der Waals surface area contributed by atoms with Crippen LogP contribution in [-0.2, 0) is 18.4 Å². The third-order valence-corrected chi connectivity index (χ3v) is 5.14. The number of carbonyl (C=O) groups excluding carboxylic acids is 1. The second kappa shape index (κ2) is 7.28. The Hall–Kier alpha value is -1.98. The Labute approximate surface area is 150 Å². The molecule has 0 bridgehead atoms. The quantitative estimate of drug-likeness (QED) is 0.700. The van der Waals surface area contributed by atoms with Gasteiger partial charge in [0.15, 0.2) is 5.16 Å². The first kappa shape index (κ1) is 16.9. The zero-order valence-corrected chi connectivity index (χ0v) is 15.1. The number of carbonyl (C=O) groups is 1. The maximum absolute atomic E-state index is 12.3. The Morgan fingerprint density at radius 3 is 2.79 bits per heavy atom. The summed E-state index contributed by atoms with van der Waals surface area (Å²) >= 11 is 7.46. The normalized spacial score (nSPS) is 12.3. The minimum Gasteiger partial charge on any atom is -0.351 e. The van der Waals surface area contributed by atoms with Crippen molar-refractivity contribution in [2.24, 2.45) is 7.05 Å². The van der Waals surface area contributed by atoms with Crippen LogP contribution >= 0.6 is 23.4 Å². The number of aromatic nitrogens is 2. The molecule has 0 radical (unpaired) electrons. The van der Waals surface area contributed by atoms with E-state index in [0.29, 0.717) is 11.6 Å². The summed E-state index contributed by atoms with van der Waals surface area (Å²) in [4.78, 5) is 16.9. The molecule has 24 heavy (non-hydrogen) atoms. The molecule has 0 fully saturated rings. The highest BCUT2D eigenvalue weighted by Crippen LogP contribution is 2.27. The van der Waals surface area contributed by atoms with Crippen molar-refractivity contribution in [1.82, 2.24) is 14.9 Å².